The van der Waals surface area contributed by atoms with E-state index in [0.717, 1.165) is 6.54 Å². The molecule has 2 unspecified atom stereocenters. The van der Waals surface area contributed by atoms with E-state index in [-0.39, 0.29) is 17.9 Å². The number of hydrogen-bond acceptors (Lipinski definition) is 6. The van der Waals surface area contributed by atoms with Crippen LogP contribution in [0.2, 0.25) is 0 Å². The highest BCUT2D eigenvalue weighted by atomic mass is 16.5. The summed E-state index contributed by atoms with van der Waals surface area (Å²) in [5, 5.41) is 9.81. The fourth-order valence-electron chi connectivity index (χ4n) is 2.01. The molecule has 2 N–H and O–H groups in total. The third-order valence-corrected chi connectivity index (χ3v) is 2.94. The van der Waals surface area contributed by atoms with Gasteiger partial charge in [-0.05, 0) is 6.54 Å². The molecule has 7 nitrogen and oxygen atoms in total. The summed E-state index contributed by atoms with van der Waals surface area (Å²) in [5.74, 6) is 0.498. The molecule has 18 heavy (non-hydrogen) atoms. The molecule has 1 aliphatic heterocycles. The zero-order chi connectivity index (χ0) is 12.8. The highest BCUT2D eigenvalue weighted by molar-refractivity contribution is 5.79. The molecule has 0 aliphatic carbocycles. The van der Waals surface area contributed by atoms with E-state index in [1.54, 1.807) is 0 Å². The quantitative estimate of drug-likeness (QED) is 0.701. The van der Waals surface area contributed by atoms with E-state index in [0.29, 0.717) is 32.0 Å². The molecule has 0 aromatic carbocycles. The Kier molecular flexibility index (Phi) is 4.66. The van der Waals surface area contributed by atoms with E-state index in [2.05, 4.69) is 25.3 Å². The van der Waals surface area contributed by atoms with Crippen LogP contribution in [0, 0.1) is 5.92 Å². The van der Waals surface area contributed by atoms with Crippen molar-refractivity contribution < 1.29 is 14.1 Å². The van der Waals surface area contributed by atoms with Gasteiger partial charge in [0, 0.05) is 19.0 Å². The second-order valence-corrected chi connectivity index (χ2v) is 4.20. The van der Waals surface area contributed by atoms with Crippen molar-refractivity contribution in [2.24, 2.45) is 5.92 Å². The number of ether oxygens (including phenoxy) is 1. The number of aromatic nitrogens is 2. The number of carbonyl (C=O) groups is 1. The molecule has 0 radical (unpaired) electrons. The van der Waals surface area contributed by atoms with Gasteiger partial charge in [0.25, 0.3) is 0 Å². The van der Waals surface area contributed by atoms with Crippen molar-refractivity contribution in [1.29, 1.82) is 0 Å². The number of amides is 1. The van der Waals surface area contributed by atoms with Gasteiger partial charge in [0.05, 0.1) is 19.1 Å². The summed E-state index contributed by atoms with van der Waals surface area (Å²) in [7, 11) is 0. The van der Waals surface area contributed by atoms with Gasteiger partial charge in [0.2, 0.25) is 12.3 Å². The third-order valence-electron chi connectivity index (χ3n) is 2.94. The minimum absolute atomic E-state index is 0.0157. The maximum Gasteiger partial charge on any atom is 0.227 e. The van der Waals surface area contributed by atoms with Crippen molar-refractivity contribution in [3.8, 4) is 0 Å². The van der Waals surface area contributed by atoms with E-state index in [1.807, 2.05) is 6.92 Å². The Labute approximate surface area is 105 Å². The van der Waals surface area contributed by atoms with E-state index in [1.165, 1.54) is 6.39 Å². The molecule has 1 amide bonds. The smallest absolute Gasteiger partial charge is 0.227 e. The largest absolute Gasteiger partial charge is 0.379 e. The number of rotatable bonds is 6. The van der Waals surface area contributed by atoms with Gasteiger partial charge >= 0.3 is 0 Å². The van der Waals surface area contributed by atoms with Crippen LogP contribution in [0.15, 0.2) is 10.9 Å². The standard InChI is InChI=1S/C11H18N4O3/c1-2-12-9-6-17-5-8(9)11(16)13-4-3-10-14-7-18-15-10/h7-9,12H,2-6H2,1H3,(H,13,16). The van der Waals surface area contributed by atoms with Gasteiger partial charge in [0.15, 0.2) is 5.82 Å². The van der Waals surface area contributed by atoms with E-state index in [9.17, 15) is 4.79 Å². The molecular formula is C11H18N4O3. The number of likely N-dealkylation sites (N-methyl/N-ethyl adjacent to an activating group) is 1. The monoisotopic (exact) mass is 254 g/mol. The molecule has 2 rings (SSSR count). The Hall–Kier alpha value is -1.47. The zero-order valence-electron chi connectivity index (χ0n) is 10.4. The molecular weight excluding hydrogens is 236 g/mol. The fourth-order valence-corrected chi connectivity index (χ4v) is 2.01. The molecule has 100 valence electrons. The van der Waals surface area contributed by atoms with Crippen molar-refractivity contribution in [2.45, 2.75) is 19.4 Å². The number of hydrogen-bond donors (Lipinski definition) is 2. The zero-order valence-corrected chi connectivity index (χ0v) is 10.4. The maximum absolute atomic E-state index is 12.0. The number of nitrogens with one attached hydrogen (secondary N) is 2. The summed E-state index contributed by atoms with van der Waals surface area (Å²) >= 11 is 0. The Morgan fingerprint density at radius 2 is 2.44 bits per heavy atom. The minimum Gasteiger partial charge on any atom is -0.379 e. The lowest BCUT2D eigenvalue weighted by Gasteiger charge is -2.17. The highest BCUT2D eigenvalue weighted by Gasteiger charge is 2.33. The second kappa shape index (κ2) is 6.46. The summed E-state index contributed by atoms with van der Waals surface area (Å²) < 4.78 is 9.95. The summed E-state index contributed by atoms with van der Waals surface area (Å²) in [4.78, 5) is 15.9. The van der Waals surface area contributed by atoms with E-state index < -0.39 is 0 Å². The lowest BCUT2D eigenvalue weighted by atomic mass is 10.0. The fraction of sp³-hybridized carbons (Fsp3) is 0.727. The second-order valence-electron chi connectivity index (χ2n) is 4.20. The van der Waals surface area contributed by atoms with Crippen LogP contribution in [0.1, 0.15) is 12.7 Å². The summed E-state index contributed by atoms with van der Waals surface area (Å²) in [6.07, 6.45) is 1.85. The molecule has 2 atom stereocenters. The first kappa shape index (κ1) is 13.0. The van der Waals surface area contributed by atoms with Gasteiger partial charge in [-0.1, -0.05) is 12.1 Å². The van der Waals surface area contributed by atoms with Gasteiger partial charge in [-0.15, -0.1) is 0 Å². The molecule has 1 fully saturated rings. The predicted molar refractivity (Wildman–Crippen MR) is 62.8 cm³/mol. The summed E-state index contributed by atoms with van der Waals surface area (Å²) in [6.45, 7) is 4.43. The molecule has 0 saturated carbocycles. The van der Waals surface area contributed by atoms with Gasteiger partial charge in [-0.25, -0.2) is 0 Å². The summed E-state index contributed by atoms with van der Waals surface area (Å²) in [5.41, 5.74) is 0. The highest BCUT2D eigenvalue weighted by Crippen LogP contribution is 2.13. The Balaban J connectivity index is 1.73. The topological polar surface area (TPSA) is 89.3 Å². The predicted octanol–water partition coefficient (Wildman–Crippen LogP) is -0.647. The van der Waals surface area contributed by atoms with Crippen LogP contribution < -0.4 is 10.6 Å². The minimum atomic E-state index is -0.116. The Morgan fingerprint density at radius 3 is 3.17 bits per heavy atom. The Morgan fingerprint density at radius 1 is 1.56 bits per heavy atom. The third kappa shape index (κ3) is 3.27. The number of nitrogens with zero attached hydrogens (tertiary/aromatic N) is 2. The van der Waals surface area contributed by atoms with Gasteiger partial charge in [-0.2, -0.15) is 4.98 Å². The van der Waals surface area contributed by atoms with Crippen molar-refractivity contribution >= 4 is 5.91 Å². The van der Waals surface area contributed by atoms with Gasteiger partial charge in [-0.3, -0.25) is 4.79 Å². The van der Waals surface area contributed by atoms with Crippen LogP contribution in [0.4, 0.5) is 0 Å². The molecule has 1 aromatic rings. The van der Waals surface area contributed by atoms with Crippen molar-refractivity contribution in [3.05, 3.63) is 12.2 Å². The molecule has 1 saturated heterocycles. The molecule has 1 aromatic heterocycles. The molecule has 0 spiro atoms. The van der Waals surface area contributed by atoms with Gasteiger partial charge < -0.3 is 19.9 Å². The van der Waals surface area contributed by atoms with E-state index in [4.69, 9.17) is 4.74 Å². The lowest BCUT2D eigenvalue weighted by molar-refractivity contribution is -0.125. The SMILES string of the molecule is CCNC1COCC1C(=O)NCCc1ncon1. The van der Waals surface area contributed by atoms with E-state index >= 15 is 0 Å². The summed E-state index contributed by atoms with van der Waals surface area (Å²) in [6, 6.07) is 0.111. The number of carbonyl (C=O) groups excluding carboxylic acids is 1. The van der Waals surface area contributed by atoms with Crippen LogP contribution in [0.3, 0.4) is 0 Å². The maximum atomic E-state index is 12.0. The van der Waals surface area contributed by atoms with Crippen molar-refractivity contribution in [2.75, 3.05) is 26.3 Å². The Bertz CT molecular complexity index is 368. The molecule has 2 heterocycles. The van der Waals surface area contributed by atoms with Crippen LogP contribution in [-0.4, -0.2) is 48.4 Å². The molecule has 0 bridgehead atoms. The van der Waals surface area contributed by atoms with Crippen molar-refractivity contribution in [1.82, 2.24) is 20.8 Å². The van der Waals surface area contributed by atoms with Crippen LogP contribution in [0.25, 0.3) is 0 Å². The molecule has 7 heteroatoms. The normalized spacial score (nSPS) is 23.2. The van der Waals surface area contributed by atoms with Gasteiger partial charge in [0.1, 0.15) is 0 Å². The van der Waals surface area contributed by atoms with Crippen molar-refractivity contribution in [3.63, 3.8) is 0 Å². The first-order valence-corrected chi connectivity index (χ1v) is 6.15. The first-order chi connectivity index (χ1) is 8.81. The molecule has 1 aliphatic rings. The van der Waals surface area contributed by atoms with Crippen LogP contribution in [-0.2, 0) is 16.0 Å². The average Bonchev–Trinajstić information content (AvgIpc) is 3.00. The average molecular weight is 254 g/mol. The first-order valence-electron chi connectivity index (χ1n) is 6.15. The van der Waals surface area contributed by atoms with Crippen LogP contribution >= 0.6 is 0 Å². The van der Waals surface area contributed by atoms with Crippen LogP contribution in [0.5, 0.6) is 0 Å². The lowest BCUT2D eigenvalue weighted by Crippen LogP contribution is -2.44.